The van der Waals surface area contributed by atoms with E-state index in [0.29, 0.717) is 28.8 Å². The van der Waals surface area contributed by atoms with Crippen LogP contribution >= 0.6 is 0 Å². The molecule has 2 fully saturated rings. The van der Waals surface area contributed by atoms with E-state index in [-0.39, 0.29) is 39.0 Å². The summed E-state index contributed by atoms with van der Waals surface area (Å²) in [4.78, 5) is 0. The summed E-state index contributed by atoms with van der Waals surface area (Å²) < 4.78 is 112. The molecule has 0 amide bonds. The first kappa shape index (κ1) is 46.4. The number of alkyl halides is 3. The van der Waals surface area contributed by atoms with E-state index in [9.17, 15) is 21.6 Å². The van der Waals surface area contributed by atoms with E-state index in [1.807, 2.05) is 66.7 Å². The number of ether oxygens (including phenoxy) is 5. The molecular weight excluding hydrogens is 790 g/mol. The maximum absolute atomic E-state index is 14.2. The minimum atomic E-state index is -6.16. The number of hydrogen-bond donors (Lipinski definition) is 0. The molecule has 0 aromatic heterocycles. The molecule has 0 spiro atoms. The van der Waals surface area contributed by atoms with Crippen molar-refractivity contribution in [2.24, 2.45) is 11.3 Å². The molecule has 1 aliphatic carbocycles. The van der Waals surface area contributed by atoms with Crippen molar-refractivity contribution in [3.63, 3.8) is 0 Å². The smallest absolute Gasteiger partial charge is 0.415 e. The topological polar surface area (TPSA) is 98.8 Å². The largest absolute Gasteiger partial charge is 0.523 e. The molecule has 5 rings (SSSR count). The predicted octanol–water partition coefficient (Wildman–Crippen LogP) is 9.96. The van der Waals surface area contributed by atoms with Crippen LogP contribution in [0, 0.1) is 11.3 Å². The molecule has 1 heterocycles. The van der Waals surface area contributed by atoms with Crippen molar-refractivity contribution in [3.05, 3.63) is 108 Å². The quantitative estimate of drug-likeness (QED) is 0.0556. The molecule has 14 heteroatoms. The van der Waals surface area contributed by atoms with E-state index in [2.05, 4.69) is 48.5 Å². The molecule has 0 bridgehead atoms. The zero-order chi connectivity index (χ0) is 42.1. The Morgan fingerprint density at radius 2 is 1.19 bits per heavy atom. The van der Waals surface area contributed by atoms with Crippen LogP contribution in [0.25, 0.3) is 0 Å². The van der Waals surface area contributed by atoms with Crippen molar-refractivity contribution < 1.29 is 53.9 Å². The fourth-order valence-electron chi connectivity index (χ4n) is 8.66. The molecular formula is C44H61F3O9SSi. The highest BCUT2D eigenvalue weighted by molar-refractivity contribution is 7.87. The minimum absolute atomic E-state index is 0.0192. The lowest BCUT2D eigenvalue weighted by Gasteiger charge is -2.46. The van der Waals surface area contributed by atoms with Gasteiger partial charge in [-0.25, -0.2) is 0 Å². The Labute approximate surface area is 344 Å². The maximum atomic E-state index is 14.2. The van der Waals surface area contributed by atoms with Gasteiger partial charge < -0.3 is 28.1 Å². The van der Waals surface area contributed by atoms with Gasteiger partial charge in [0.15, 0.2) is 20.7 Å². The van der Waals surface area contributed by atoms with Crippen molar-refractivity contribution in [3.8, 4) is 0 Å². The Hall–Kier alpha value is -2.66. The van der Waals surface area contributed by atoms with Gasteiger partial charge in [0.1, 0.15) is 18.3 Å². The molecule has 0 radical (unpaired) electrons. The van der Waals surface area contributed by atoms with E-state index in [1.165, 1.54) is 0 Å². The highest BCUT2D eigenvalue weighted by atomic mass is 32.2. The van der Waals surface area contributed by atoms with Crippen molar-refractivity contribution in [2.75, 3.05) is 19.8 Å². The molecule has 2 aliphatic rings. The Kier molecular flexibility index (Phi) is 16.2. The van der Waals surface area contributed by atoms with Crippen LogP contribution in [-0.2, 0) is 62.2 Å². The summed E-state index contributed by atoms with van der Waals surface area (Å²) in [6, 6.07) is 27.7. The Balaban J connectivity index is 1.51. The Bertz CT molecular complexity index is 1760. The third-order valence-corrected chi connectivity index (χ3v) is 18.9. The average Bonchev–Trinajstić information content (AvgIpc) is 3.90. The van der Waals surface area contributed by atoms with Gasteiger partial charge in [-0.05, 0) is 45.7 Å². The van der Waals surface area contributed by atoms with Crippen molar-refractivity contribution in [1.29, 1.82) is 0 Å². The van der Waals surface area contributed by atoms with Gasteiger partial charge in [0.05, 0.1) is 33.0 Å². The van der Waals surface area contributed by atoms with Crippen molar-refractivity contribution in [2.45, 2.75) is 134 Å². The monoisotopic (exact) mass is 850 g/mol. The molecule has 322 valence electrons. The minimum Gasteiger partial charge on any atom is -0.415 e. The summed E-state index contributed by atoms with van der Waals surface area (Å²) in [7, 11) is -8.46. The maximum Gasteiger partial charge on any atom is 0.523 e. The lowest BCUT2D eigenvalue weighted by atomic mass is 9.98. The fourth-order valence-corrected chi connectivity index (χ4v) is 14.8. The van der Waals surface area contributed by atoms with Gasteiger partial charge in [0, 0.05) is 12.0 Å². The van der Waals surface area contributed by atoms with Gasteiger partial charge in [-0.2, -0.15) is 21.6 Å². The molecule has 3 aromatic rings. The Morgan fingerprint density at radius 1 is 0.707 bits per heavy atom. The molecule has 0 unspecified atom stereocenters. The summed E-state index contributed by atoms with van der Waals surface area (Å²) in [6.45, 7) is 15.9. The van der Waals surface area contributed by atoms with E-state index in [1.54, 1.807) is 24.3 Å². The first-order chi connectivity index (χ1) is 27.5. The number of rotatable bonds is 22. The van der Waals surface area contributed by atoms with Crippen LogP contribution in [0.1, 0.15) is 78.0 Å². The normalized spacial score (nSPS) is 25.5. The first-order valence-electron chi connectivity index (χ1n) is 20.4. The van der Waals surface area contributed by atoms with Crippen molar-refractivity contribution >= 4 is 18.4 Å². The van der Waals surface area contributed by atoms with Gasteiger partial charge in [-0.1, -0.05) is 146 Å². The van der Waals surface area contributed by atoms with Crippen LogP contribution in [0.4, 0.5) is 13.2 Å². The van der Waals surface area contributed by atoms with Gasteiger partial charge in [-0.3, -0.25) is 4.18 Å². The van der Waals surface area contributed by atoms with Crippen LogP contribution in [0.5, 0.6) is 0 Å². The number of benzene rings is 3. The molecule has 1 saturated heterocycles. The van der Waals surface area contributed by atoms with E-state index >= 15 is 0 Å². The summed E-state index contributed by atoms with van der Waals surface area (Å²) in [5.41, 5.74) is -2.80. The predicted molar refractivity (Wildman–Crippen MR) is 218 cm³/mol. The zero-order valence-electron chi connectivity index (χ0n) is 34.7. The molecule has 0 N–H and O–H groups in total. The van der Waals surface area contributed by atoms with E-state index in [0.717, 1.165) is 24.0 Å². The van der Waals surface area contributed by atoms with Crippen LogP contribution in [0.2, 0.25) is 16.6 Å². The fraction of sp³-hybridized carbons (Fsp3) is 0.591. The second kappa shape index (κ2) is 20.3. The van der Waals surface area contributed by atoms with Crippen LogP contribution in [0.3, 0.4) is 0 Å². The van der Waals surface area contributed by atoms with Gasteiger partial charge in [0.25, 0.3) is 0 Å². The molecule has 3 aromatic carbocycles. The van der Waals surface area contributed by atoms with Crippen LogP contribution in [-0.4, -0.2) is 72.8 Å². The molecule has 9 nitrogen and oxygen atoms in total. The third kappa shape index (κ3) is 11.4. The van der Waals surface area contributed by atoms with E-state index < -0.39 is 60.1 Å². The molecule has 58 heavy (non-hydrogen) atoms. The van der Waals surface area contributed by atoms with Crippen LogP contribution < -0.4 is 0 Å². The number of halogens is 3. The summed E-state index contributed by atoms with van der Waals surface area (Å²) in [5.74, 6) is 0.227. The van der Waals surface area contributed by atoms with Gasteiger partial charge in [0.2, 0.25) is 0 Å². The summed E-state index contributed by atoms with van der Waals surface area (Å²) in [6.07, 6.45) is -5.43. The molecule has 1 saturated carbocycles. The highest BCUT2D eigenvalue weighted by Crippen LogP contribution is 2.57. The van der Waals surface area contributed by atoms with Crippen LogP contribution in [0.15, 0.2) is 91.0 Å². The highest BCUT2D eigenvalue weighted by Gasteiger charge is 2.59. The molecule has 7 atom stereocenters. The van der Waals surface area contributed by atoms with Gasteiger partial charge >= 0.3 is 15.6 Å². The SMILES string of the molecule is CC[C@@H]1C[C@@]1(CO[C@@H]1O[C@H](COCc2ccccc2)[C@@H](OCc2ccccc2)[C@H](OCc2ccccc2)[C@H]1OS(=O)(=O)C(F)(F)F)CO[Si](C(C)C)(C(C)C)C(C)C. The standard InChI is InChI=1S/C44H61F3O9SSi/c1-8-37-24-43(37,30-54-58(31(2)3,32(4)5)33(6)7)29-53-42-41(56-57(48,49)44(45,46)47)40(52-27-36-22-16-11-17-23-36)39(51-26-35-20-14-10-15-21-35)38(55-42)28-50-25-34-18-12-9-13-19-34/h9-23,31-33,37-42H,8,24-30H2,1-7H3/t37-,38-,39-,40+,41-,42-,43-/m1/s1. The van der Waals surface area contributed by atoms with E-state index in [4.69, 9.17) is 32.3 Å². The second-order valence-electron chi connectivity index (χ2n) is 16.6. The Morgan fingerprint density at radius 3 is 1.64 bits per heavy atom. The summed E-state index contributed by atoms with van der Waals surface area (Å²) >= 11 is 0. The third-order valence-electron chi connectivity index (χ3n) is 11.8. The second-order valence-corrected chi connectivity index (χ2v) is 23.6. The first-order valence-corrected chi connectivity index (χ1v) is 23.9. The average molecular weight is 851 g/mol. The van der Waals surface area contributed by atoms with Gasteiger partial charge in [-0.15, -0.1) is 0 Å². The lowest BCUT2D eigenvalue weighted by molar-refractivity contribution is -0.317. The molecule has 1 aliphatic heterocycles. The zero-order valence-corrected chi connectivity index (χ0v) is 36.5. The van der Waals surface area contributed by atoms with Crippen molar-refractivity contribution in [1.82, 2.24) is 0 Å². The number of hydrogen-bond acceptors (Lipinski definition) is 9. The lowest BCUT2D eigenvalue weighted by Crippen LogP contribution is -2.62. The summed E-state index contributed by atoms with van der Waals surface area (Å²) in [5, 5.41) is 0.